The SMILES string of the molecule is CC1Cc2cc(S(=O)(=O)N[C@@H](C)CN)ccc2O1. The molecule has 0 aromatic heterocycles. The molecular formula is C12H18N2O3S. The van der Waals surface area contributed by atoms with Crippen LogP contribution in [0.2, 0.25) is 0 Å². The predicted octanol–water partition coefficient (Wildman–Crippen LogP) is 0.636. The number of benzene rings is 1. The lowest BCUT2D eigenvalue weighted by molar-refractivity contribution is 0.254. The Labute approximate surface area is 107 Å². The van der Waals surface area contributed by atoms with Gasteiger partial charge in [-0.05, 0) is 37.6 Å². The molecule has 0 fully saturated rings. The molecule has 1 aliphatic rings. The Kier molecular flexibility index (Phi) is 3.61. The highest BCUT2D eigenvalue weighted by atomic mass is 32.2. The average Bonchev–Trinajstić information content (AvgIpc) is 2.67. The van der Waals surface area contributed by atoms with E-state index in [-0.39, 0.29) is 23.6 Å². The first-order valence-corrected chi connectivity index (χ1v) is 7.42. The lowest BCUT2D eigenvalue weighted by Crippen LogP contribution is -2.37. The fraction of sp³-hybridized carbons (Fsp3) is 0.500. The number of sulfonamides is 1. The molecule has 1 heterocycles. The van der Waals surface area contributed by atoms with Crippen LogP contribution in [0.5, 0.6) is 5.75 Å². The van der Waals surface area contributed by atoms with Crippen molar-refractivity contribution < 1.29 is 13.2 Å². The van der Waals surface area contributed by atoms with E-state index < -0.39 is 10.0 Å². The summed E-state index contributed by atoms with van der Waals surface area (Å²) in [5.74, 6) is 0.772. The zero-order valence-corrected chi connectivity index (χ0v) is 11.3. The normalized spacial score (nSPS) is 20.3. The molecule has 2 atom stereocenters. The first kappa shape index (κ1) is 13.3. The van der Waals surface area contributed by atoms with Crippen LogP contribution in [0.25, 0.3) is 0 Å². The number of nitrogens with two attached hydrogens (primary N) is 1. The monoisotopic (exact) mass is 270 g/mol. The summed E-state index contributed by atoms with van der Waals surface area (Å²) in [5.41, 5.74) is 6.35. The van der Waals surface area contributed by atoms with Gasteiger partial charge in [-0.15, -0.1) is 0 Å². The summed E-state index contributed by atoms with van der Waals surface area (Å²) in [4.78, 5) is 0.263. The number of nitrogens with one attached hydrogen (secondary N) is 1. The maximum Gasteiger partial charge on any atom is 0.240 e. The van der Waals surface area contributed by atoms with E-state index in [4.69, 9.17) is 10.5 Å². The summed E-state index contributed by atoms with van der Waals surface area (Å²) in [6, 6.07) is 4.66. The number of ether oxygens (including phenoxy) is 1. The molecule has 0 aliphatic carbocycles. The molecule has 1 aromatic rings. The van der Waals surface area contributed by atoms with Crippen LogP contribution in [0.4, 0.5) is 0 Å². The van der Waals surface area contributed by atoms with Gasteiger partial charge in [0.15, 0.2) is 0 Å². The molecule has 5 nitrogen and oxygen atoms in total. The minimum absolute atomic E-state index is 0.105. The van der Waals surface area contributed by atoms with E-state index in [2.05, 4.69) is 4.72 Å². The van der Waals surface area contributed by atoms with Crippen LogP contribution in [0.3, 0.4) is 0 Å². The molecule has 1 unspecified atom stereocenters. The molecule has 1 aliphatic heterocycles. The van der Waals surface area contributed by atoms with Crippen LogP contribution in [0.15, 0.2) is 23.1 Å². The van der Waals surface area contributed by atoms with Gasteiger partial charge in [-0.1, -0.05) is 0 Å². The van der Waals surface area contributed by atoms with Crippen molar-refractivity contribution in [3.8, 4) is 5.75 Å². The van der Waals surface area contributed by atoms with Crippen molar-refractivity contribution in [3.05, 3.63) is 23.8 Å². The van der Waals surface area contributed by atoms with Crippen molar-refractivity contribution >= 4 is 10.0 Å². The largest absolute Gasteiger partial charge is 0.490 e. The Morgan fingerprint density at radius 3 is 2.94 bits per heavy atom. The Hall–Kier alpha value is -1.11. The molecule has 18 heavy (non-hydrogen) atoms. The minimum Gasteiger partial charge on any atom is -0.490 e. The van der Waals surface area contributed by atoms with Gasteiger partial charge in [-0.3, -0.25) is 0 Å². The quantitative estimate of drug-likeness (QED) is 0.841. The lowest BCUT2D eigenvalue weighted by Gasteiger charge is -2.12. The second-order valence-electron chi connectivity index (χ2n) is 4.66. The van der Waals surface area contributed by atoms with Gasteiger partial charge in [0.1, 0.15) is 11.9 Å². The maximum absolute atomic E-state index is 12.1. The van der Waals surface area contributed by atoms with Crippen molar-refractivity contribution in [1.29, 1.82) is 0 Å². The van der Waals surface area contributed by atoms with Gasteiger partial charge in [0.2, 0.25) is 10.0 Å². The second-order valence-corrected chi connectivity index (χ2v) is 6.37. The third kappa shape index (κ3) is 2.66. The van der Waals surface area contributed by atoms with Crippen LogP contribution >= 0.6 is 0 Å². The molecule has 1 aromatic carbocycles. The second kappa shape index (κ2) is 4.87. The van der Waals surface area contributed by atoms with Crippen molar-refractivity contribution in [2.75, 3.05) is 6.54 Å². The number of hydrogen-bond acceptors (Lipinski definition) is 4. The van der Waals surface area contributed by atoms with Gasteiger partial charge in [-0.2, -0.15) is 0 Å². The van der Waals surface area contributed by atoms with Gasteiger partial charge in [0.25, 0.3) is 0 Å². The van der Waals surface area contributed by atoms with Crippen LogP contribution in [-0.2, 0) is 16.4 Å². The van der Waals surface area contributed by atoms with Crippen molar-refractivity contribution in [1.82, 2.24) is 4.72 Å². The van der Waals surface area contributed by atoms with Gasteiger partial charge in [0, 0.05) is 19.0 Å². The highest BCUT2D eigenvalue weighted by Gasteiger charge is 2.23. The Bertz CT molecular complexity index is 542. The van der Waals surface area contributed by atoms with E-state index in [1.165, 1.54) is 0 Å². The fourth-order valence-corrected chi connectivity index (χ4v) is 3.25. The molecule has 0 amide bonds. The summed E-state index contributed by atoms with van der Waals surface area (Å²) < 4.78 is 32.2. The van der Waals surface area contributed by atoms with E-state index in [1.54, 1.807) is 25.1 Å². The smallest absolute Gasteiger partial charge is 0.240 e. The van der Waals surface area contributed by atoms with Crippen LogP contribution in [-0.4, -0.2) is 27.1 Å². The van der Waals surface area contributed by atoms with Crippen molar-refractivity contribution in [3.63, 3.8) is 0 Å². The zero-order valence-electron chi connectivity index (χ0n) is 10.5. The highest BCUT2D eigenvalue weighted by Crippen LogP contribution is 2.30. The third-order valence-electron chi connectivity index (χ3n) is 2.89. The molecule has 0 bridgehead atoms. The van der Waals surface area contributed by atoms with Crippen molar-refractivity contribution in [2.24, 2.45) is 5.73 Å². The molecule has 100 valence electrons. The van der Waals surface area contributed by atoms with Gasteiger partial charge < -0.3 is 10.5 Å². The van der Waals surface area contributed by atoms with E-state index in [0.29, 0.717) is 0 Å². The standard InChI is InChI=1S/C12H18N2O3S/c1-8(7-13)14-18(15,16)11-3-4-12-10(6-11)5-9(2)17-12/h3-4,6,8-9,14H,5,7,13H2,1-2H3/t8-,9?/m0/s1. The van der Waals surface area contributed by atoms with Gasteiger partial charge in [0.05, 0.1) is 4.90 Å². The summed E-state index contributed by atoms with van der Waals surface area (Å²) in [5, 5.41) is 0. The lowest BCUT2D eigenvalue weighted by atomic mass is 10.1. The minimum atomic E-state index is -3.50. The number of fused-ring (bicyclic) bond motifs is 1. The molecule has 0 spiro atoms. The third-order valence-corrected chi connectivity index (χ3v) is 4.47. The summed E-state index contributed by atoms with van der Waals surface area (Å²) in [7, 11) is -3.50. The van der Waals surface area contributed by atoms with Crippen LogP contribution in [0, 0.1) is 0 Å². The Morgan fingerprint density at radius 2 is 2.28 bits per heavy atom. The zero-order chi connectivity index (χ0) is 13.3. The van der Waals surface area contributed by atoms with Gasteiger partial charge in [-0.25, -0.2) is 13.1 Å². The molecule has 0 saturated carbocycles. The summed E-state index contributed by atoms with van der Waals surface area (Å²) >= 11 is 0. The van der Waals surface area contributed by atoms with Gasteiger partial charge >= 0.3 is 0 Å². The molecule has 6 heteroatoms. The average molecular weight is 270 g/mol. The van der Waals surface area contributed by atoms with E-state index in [9.17, 15) is 8.42 Å². The molecular weight excluding hydrogens is 252 g/mol. The molecule has 0 radical (unpaired) electrons. The fourth-order valence-electron chi connectivity index (χ4n) is 1.95. The molecule has 3 N–H and O–H groups in total. The Balaban J connectivity index is 2.27. The summed E-state index contributed by atoms with van der Waals surface area (Å²) in [6.07, 6.45) is 0.847. The molecule has 2 rings (SSSR count). The number of hydrogen-bond donors (Lipinski definition) is 2. The maximum atomic E-state index is 12.1. The Morgan fingerprint density at radius 1 is 1.56 bits per heavy atom. The van der Waals surface area contributed by atoms with E-state index in [1.807, 2.05) is 6.92 Å². The van der Waals surface area contributed by atoms with Crippen molar-refractivity contribution in [2.45, 2.75) is 37.3 Å². The highest BCUT2D eigenvalue weighted by molar-refractivity contribution is 7.89. The summed E-state index contributed by atoms with van der Waals surface area (Å²) in [6.45, 7) is 3.96. The van der Waals surface area contributed by atoms with Crippen LogP contribution < -0.4 is 15.2 Å². The van der Waals surface area contributed by atoms with E-state index in [0.717, 1.165) is 17.7 Å². The topological polar surface area (TPSA) is 81.4 Å². The molecule has 0 saturated heterocycles. The first-order valence-electron chi connectivity index (χ1n) is 5.94. The first-order chi connectivity index (χ1) is 8.42. The predicted molar refractivity (Wildman–Crippen MR) is 69.1 cm³/mol. The van der Waals surface area contributed by atoms with Crippen LogP contribution in [0.1, 0.15) is 19.4 Å². The van der Waals surface area contributed by atoms with E-state index >= 15 is 0 Å². The number of rotatable bonds is 4.